The lowest BCUT2D eigenvalue weighted by Gasteiger charge is -2.22. The van der Waals surface area contributed by atoms with Crippen molar-refractivity contribution >= 4 is 47.3 Å². The molecule has 1 aromatic heterocycles. The molecule has 1 heterocycles. The van der Waals surface area contributed by atoms with E-state index in [2.05, 4.69) is 42.5 Å². The van der Waals surface area contributed by atoms with Crippen molar-refractivity contribution in [2.45, 2.75) is 37.5 Å². The van der Waals surface area contributed by atoms with E-state index in [0.717, 1.165) is 40.6 Å². The van der Waals surface area contributed by atoms with Crippen molar-refractivity contribution in [3.05, 3.63) is 112 Å². The third-order valence-corrected chi connectivity index (χ3v) is 6.57. The molecule has 0 radical (unpaired) electrons. The molecule has 4 rings (SSSR count). The third-order valence-electron chi connectivity index (χ3n) is 5.78. The molecule has 0 amide bonds. The summed E-state index contributed by atoms with van der Waals surface area (Å²) in [6.45, 7) is 3.66. The van der Waals surface area contributed by atoms with Crippen LogP contribution in [0.1, 0.15) is 53.5 Å². The van der Waals surface area contributed by atoms with Crippen molar-refractivity contribution in [1.82, 2.24) is 4.98 Å². The Morgan fingerprint density at radius 1 is 0.970 bits per heavy atom. The predicted octanol–water partition coefficient (Wildman–Crippen LogP) is 7.89. The van der Waals surface area contributed by atoms with Crippen LogP contribution in [-0.2, 0) is 12.0 Å². The number of benzene rings is 3. The maximum absolute atomic E-state index is 10.5. The van der Waals surface area contributed by atoms with Crippen LogP contribution in [0.15, 0.2) is 78.9 Å². The van der Waals surface area contributed by atoms with Gasteiger partial charge < -0.3 is 5.11 Å². The molecular formula is C29H28ClNOS. The van der Waals surface area contributed by atoms with Crippen LogP contribution in [0.4, 0.5) is 0 Å². The molecule has 4 heteroatoms. The van der Waals surface area contributed by atoms with E-state index >= 15 is 0 Å². The van der Waals surface area contributed by atoms with Gasteiger partial charge in [0.1, 0.15) is 0 Å². The fourth-order valence-corrected chi connectivity index (χ4v) is 4.50. The maximum atomic E-state index is 10.5. The molecule has 0 saturated carbocycles. The molecule has 0 bridgehead atoms. The number of thiol groups is 1. The number of aliphatic hydroxyl groups is 1. The molecule has 0 spiro atoms. The van der Waals surface area contributed by atoms with E-state index in [1.54, 1.807) is 0 Å². The molecule has 3 aromatic carbocycles. The third kappa shape index (κ3) is 6.05. The van der Waals surface area contributed by atoms with Gasteiger partial charge in [-0.15, -0.1) is 0 Å². The Morgan fingerprint density at radius 2 is 1.76 bits per heavy atom. The van der Waals surface area contributed by atoms with Crippen molar-refractivity contribution in [2.75, 3.05) is 0 Å². The van der Waals surface area contributed by atoms with Gasteiger partial charge in [0.15, 0.2) is 0 Å². The molecule has 1 atom stereocenters. The van der Waals surface area contributed by atoms with Gasteiger partial charge in [-0.2, -0.15) is 12.6 Å². The zero-order valence-corrected chi connectivity index (χ0v) is 20.5. The van der Waals surface area contributed by atoms with E-state index in [4.69, 9.17) is 29.2 Å². The number of halogens is 1. The van der Waals surface area contributed by atoms with Crippen LogP contribution in [0.25, 0.3) is 23.1 Å². The summed E-state index contributed by atoms with van der Waals surface area (Å²) < 4.78 is 0. The van der Waals surface area contributed by atoms with Crippen LogP contribution in [0.5, 0.6) is 0 Å². The Balaban J connectivity index is 1.47. The highest BCUT2D eigenvalue weighted by molar-refractivity contribution is 7.80. The van der Waals surface area contributed by atoms with Gasteiger partial charge in [0.25, 0.3) is 0 Å². The standard InChI is InChI=1S/C29H28ClNOS/c1-29(2,32)26-9-4-3-7-21(26)13-17-28(33)23-8-5-6-20(18-23)10-15-25-16-12-22-11-14-24(30)19-27(22)31-25/h3-12,14-16,18-19,28,32-33H,13,17H2,1-2H3/t28-/m1/s1. The average molecular weight is 474 g/mol. The van der Waals surface area contributed by atoms with Crippen LogP contribution in [0.2, 0.25) is 5.02 Å². The summed E-state index contributed by atoms with van der Waals surface area (Å²) >= 11 is 11.0. The first-order valence-corrected chi connectivity index (χ1v) is 12.0. The van der Waals surface area contributed by atoms with E-state index in [1.807, 2.05) is 62.4 Å². The van der Waals surface area contributed by atoms with Crippen LogP contribution in [0.3, 0.4) is 0 Å². The molecule has 4 aromatic rings. The first-order valence-electron chi connectivity index (χ1n) is 11.1. The Morgan fingerprint density at radius 3 is 2.58 bits per heavy atom. The van der Waals surface area contributed by atoms with Crippen molar-refractivity contribution < 1.29 is 5.11 Å². The lowest BCUT2D eigenvalue weighted by atomic mass is 9.90. The fourth-order valence-electron chi connectivity index (χ4n) is 4.04. The number of rotatable bonds is 7. The molecule has 0 aliphatic heterocycles. The highest BCUT2D eigenvalue weighted by atomic mass is 35.5. The first kappa shape index (κ1) is 23.6. The summed E-state index contributed by atoms with van der Waals surface area (Å²) in [7, 11) is 0. The van der Waals surface area contributed by atoms with Gasteiger partial charge in [0.05, 0.1) is 16.8 Å². The molecular weight excluding hydrogens is 446 g/mol. The second-order valence-electron chi connectivity index (χ2n) is 8.85. The lowest BCUT2D eigenvalue weighted by Crippen LogP contribution is -2.18. The molecule has 1 N–H and O–H groups in total. The van der Waals surface area contributed by atoms with Gasteiger partial charge in [-0.1, -0.05) is 78.3 Å². The largest absolute Gasteiger partial charge is 0.386 e. The number of pyridine rings is 1. The number of hydrogen-bond acceptors (Lipinski definition) is 3. The number of fused-ring (bicyclic) bond motifs is 1. The zero-order valence-electron chi connectivity index (χ0n) is 18.9. The molecule has 0 unspecified atom stereocenters. The van der Waals surface area contributed by atoms with Crippen LogP contribution in [-0.4, -0.2) is 10.1 Å². The Hall–Kier alpha value is -2.59. The van der Waals surface area contributed by atoms with E-state index in [9.17, 15) is 5.11 Å². The minimum absolute atomic E-state index is 0.106. The normalized spacial score (nSPS) is 13.0. The SMILES string of the molecule is CC(C)(O)c1ccccc1CC[C@@H](S)c1cccc(C=Cc2ccc3ccc(Cl)cc3n2)c1. The van der Waals surface area contributed by atoms with Crippen LogP contribution < -0.4 is 0 Å². The minimum atomic E-state index is -0.852. The smallest absolute Gasteiger partial charge is 0.0843 e. The van der Waals surface area contributed by atoms with Gasteiger partial charge in [-0.25, -0.2) is 4.98 Å². The van der Waals surface area contributed by atoms with Gasteiger partial charge >= 0.3 is 0 Å². The molecule has 0 fully saturated rings. The van der Waals surface area contributed by atoms with Gasteiger partial charge in [-0.05, 0) is 73.2 Å². The minimum Gasteiger partial charge on any atom is -0.386 e. The molecule has 0 aliphatic carbocycles. The monoisotopic (exact) mass is 473 g/mol. The number of hydrogen-bond donors (Lipinski definition) is 2. The second-order valence-corrected chi connectivity index (χ2v) is 9.91. The summed E-state index contributed by atoms with van der Waals surface area (Å²) in [6, 6.07) is 26.4. The van der Waals surface area contributed by atoms with E-state index in [-0.39, 0.29) is 5.25 Å². The van der Waals surface area contributed by atoms with Gasteiger partial charge in [0, 0.05) is 15.7 Å². The quantitative estimate of drug-likeness (QED) is 0.267. The van der Waals surface area contributed by atoms with E-state index in [0.29, 0.717) is 5.02 Å². The Bertz CT molecular complexity index is 1290. The van der Waals surface area contributed by atoms with Crippen molar-refractivity contribution in [3.8, 4) is 0 Å². The highest BCUT2D eigenvalue weighted by Crippen LogP contribution is 2.30. The molecule has 0 saturated heterocycles. The topological polar surface area (TPSA) is 33.1 Å². The molecule has 33 heavy (non-hydrogen) atoms. The Kier molecular flexibility index (Phi) is 7.23. The lowest BCUT2D eigenvalue weighted by molar-refractivity contribution is 0.0776. The zero-order chi connectivity index (χ0) is 23.4. The van der Waals surface area contributed by atoms with Crippen LogP contribution >= 0.6 is 24.2 Å². The van der Waals surface area contributed by atoms with Crippen molar-refractivity contribution in [2.24, 2.45) is 0 Å². The summed E-state index contributed by atoms with van der Waals surface area (Å²) in [5.74, 6) is 0. The van der Waals surface area contributed by atoms with Gasteiger partial charge in [0.2, 0.25) is 0 Å². The second kappa shape index (κ2) is 10.1. The number of aryl methyl sites for hydroxylation is 1. The van der Waals surface area contributed by atoms with E-state index in [1.165, 1.54) is 11.1 Å². The highest BCUT2D eigenvalue weighted by Gasteiger charge is 2.19. The van der Waals surface area contributed by atoms with Gasteiger partial charge in [-0.3, -0.25) is 0 Å². The Labute approximate surface area is 206 Å². The summed E-state index contributed by atoms with van der Waals surface area (Å²) in [4.78, 5) is 4.69. The first-order chi connectivity index (χ1) is 15.8. The van der Waals surface area contributed by atoms with Crippen molar-refractivity contribution in [1.29, 1.82) is 0 Å². The summed E-state index contributed by atoms with van der Waals surface area (Å²) in [5.41, 5.74) is 5.36. The maximum Gasteiger partial charge on any atom is 0.0843 e. The summed E-state index contributed by atoms with van der Waals surface area (Å²) in [5, 5.41) is 12.3. The van der Waals surface area contributed by atoms with E-state index < -0.39 is 5.60 Å². The van der Waals surface area contributed by atoms with Crippen molar-refractivity contribution in [3.63, 3.8) is 0 Å². The molecule has 2 nitrogen and oxygen atoms in total. The molecule has 0 aliphatic rings. The number of nitrogens with zero attached hydrogens (tertiary/aromatic N) is 1. The average Bonchev–Trinajstić information content (AvgIpc) is 2.80. The predicted molar refractivity (Wildman–Crippen MR) is 144 cm³/mol. The fraction of sp³-hybridized carbons (Fsp3) is 0.207. The summed E-state index contributed by atoms with van der Waals surface area (Å²) in [6.07, 6.45) is 5.84. The van der Waals surface area contributed by atoms with Crippen LogP contribution in [0, 0.1) is 0 Å². The number of aromatic nitrogens is 1. The molecule has 168 valence electrons.